The summed E-state index contributed by atoms with van der Waals surface area (Å²) in [7, 11) is -3.77. The Labute approximate surface area is 195 Å². The molecule has 0 aliphatic heterocycles. The first-order valence-electron chi connectivity index (χ1n) is 10.8. The summed E-state index contributed by atoms with van der Waals surface area (Å²) in [5.41, 5.74) is 2.02. The molecule has 0 fully saturated rings. The molecular formula is C24H32FN3O4S. The van der Waals surface area contributed by atoms with E-state index in [1.165, 1.54) is 29.2 Å². The molecule has 2 rings (SSSR count). The molecule has 0 radical (unpaired) electrons. The van der Waals surface area contributed by atoms with Gasteiger partial charge in [0.1, 0.15) is 18.4 Å². The van der Waals surface area contributed by atoms with Gasteiger partial charge in [0.05, 0.1) is 11.9 Å². The van der Waals surface area contributed by atoms with E-state index < -0.39 is 34.3 Å². The van der Waals surface area contributed by atoms with Crippen LogP contribution in [0, 0.1) is 5.82 Å². The fourth-order valence-corrected chi connectivity index (χ4v) is 4.14. The van der Waals surface area contributed by atoms with Crippen molar-refractivity contribution in [3.8, 4) is 0 Å². The second kappa shape index (κ2) is 11.3. The van der Waals surface area contributed by atoms with Gasteiger partial charge in [0, 0.05) is 12.6 Å². The lowest BCUT2D eigenvalue weighted by Gasteiger charge is -2.32. The average Bonchev–Trinajstić information content (AvgIpc) is 2.75. The Balaban J connectivity index is 2.36. The molecule has 0 aliphatic carbocycles. The topological polar surface area (TPSA) is 86.8 Å². The average molecular weight is 478 g/mol. The molecule has 1 N–H and O–H groups in total. The van der Waals surface area contributed by atoms with E-state index in [0.29, 0.717) is 11.3 Å². The summed E-state index contributed by atoms with van der Waals surface area (Å²) in [6.07, 6.45) is 1.83. The van der Waals surface area contributed by atoms with E-state index in [1.807, 2.05) is 32.9 Å². The maximum absolute atomic E-state index is 13.4. The highest BCUT2D eigenvalue weighted by Crippen LogP contribution is 2.20. The van der Waals surface area contributed by atoms with Crippen LogP contribution in [0.3, 0.4) is 0 Å². The molecule has 0 bridgehead atoms. The third-order valence-corrected chi connectivity index (χ3v) is 6.32. The zero-order valence-electron chi connectivity index (χ0n) is 19.7. The lowest BCUT2D eigenvalue weighted by Crippen LogP contribution is -2.52. The minimum Gasteiger partial charge on any atom is -0.352 e. The Hall–Kier alpha value is -2.94. The van der Waals surface area contributed by atoms with Crippen molar-refractivity contribution in [2.75, 3.05) is 17.1 Å². The van der Waals surface area contributed by atoms with Crippen LogP contribution in [0.4, 0.5) is 10.1 Å². The maximum Gasteiger partial charge on any atom is 0.244 e. The number of hydrogen-bond donors (Lipinski definition) is 1. The standard InChI is InChI=1S/C24H32FN3O4S/c1-6-19-9-13-22(14-10-19)28(33(5,31)32)16-23(29)27(18(4)24(30)26-17(2)3)15-20-7-11-21(25)12-8-20/h7-14,17-18H,6,15-16H2,1-5H3,(H,26,30)/t18-/m1/s1. The zero-order valence-corrected chi connectivity index (χ0v) is 20.5. The van der Waals surface area contributed by atoms with Crippen molar-refractivity contribution >= 4 is 27.5 Å². The molecule has 33 heavy (non-hydrogen) atoms. The predicted molar refractivity (Wildman–Crippen MR) is 128 cm³/mol. The Morgan fingerprint density at radius 1 is 0.970 bits per heavy atom. The zero-order chi connectivity index (χ0) is 24.8. The lowest BCUT2D eigenvalue weighted by atomic mass is 10.1. The van der Waals surface area contributed by atoms with Gasteiger partial charge >= 0.3 is 0 Å². The van der Waals surface area contributed by atoms with Gasteiger partial charge in [0.25, 0.3) is 0 Å². The molecule has 0 spiro atoms. The van der Waals surface area contributed by atoms with Gasteiger partial charge in [-0.3, -0.25) is 13.9 Å². The van der Waals surface area contributed by atoms with Crippen LogP contribution in [-0.2, 0) is 32.6 Å². The number of carbonyl (C=O) groups is 2. The molecule has 0 saturated heterocycles. The fourth-order valence-electron chi connectivity index (χ4n) is 3.29. The van der Waals surface area contributed by atoms with Crippen molar-refractivity contribution < 1.29 is 22.4 Å². The van der Waals surface area contributed by atoms with Gasteiger partial charge in [-0.2, -0.15) is 0 Å². The number of nitrogens with zero attached hydrogens (tertiary/aromatic N) is 2. The van der Waals surface area contributed by atoms with Crippen LogP contribution in [0.15, 0.2) is 48.5 Å². The van der Waals surface area contributed by atoms with Crippen molar-refractivity contribution in [3.05, 3.63) is 65.5 Å². The number of sulfonamides is 1. The number of halogens is 1. The highest BCUT2D eigenvalue weighted by molar-refractivity contribution is 7.92. The van der Waals surface area contributed by atoms with Gasteiger partial charge in [0.2, 0.25) is 21.8 Å². The Morgan fingerprint density at radius 3 is 2.00 bits per heavy atom. The minimum atomic E-state index is -3.77. The number of anilines is 1. The summed E-state index contributed by atoms with van der Waals surface area (Å²) >= 11 is 0. The number of amides is 2. The van der Waals surface area contributed by atoms with Gasteiger partial charge in [-0.15, -0.1) is 0 Å². The van der Waals surface area contributed by atoms with Gasteiger partial charge in [-0.25, -0.2) is 12.8 Å². The second-order valence-corrected chi connectivity index (χ2v) is 10.2. The number of nitrogens with one attached hydrogen (secondary N) is 1. The lowest BCUT2D eigenvalue weighted by molar-refractivity contribution is -0.139. The van der Waals surface area contributed by atoms with Crippen LogP contribution in [0.5, 0.6) is 0 Å². The molecule has 7 nitrogen and oxygen atoms in total. The van der Waals surface area contributed by atoms with E-state index >= 15 is 0 Å². The summed E-state index contributed by atoms with van der Waals surface area (Å²) in [5, 5.41) is 2.78. The quantitative estimate of drug-likeness (QED) is 0.570. The molecule has 0 heterocycles. The van der Waals surface area contributed by atoms with E-state index in [1.54, 1.807) is 19.1 Å². The Bertz CT molecular complexity index is 1050. The number of carbonyl (C=O) groups excluding carboxylic acids is 2. The molecule has 0 aromatic heterocycles. The number of benzene rings is 2. The van der Waals surface area contributed by atoms with E-state index in [9.17, 15) is 22.4 Å². The van der Waals surface area contributed by atoms with Crippen LogP contribution in [-0.4, -0.2) is 50.0 Å². The normalized spacial score (nSPS) is 12.3. The molecule has 0 saturated carbocycles. The SMILES string of the molecule is CCc1ccc(N(CC(=O)N(Cc2ccc(F)cc2)[C@H](C)C(=O)NC(C)C)S(C)(=O)=O)cc1. The number of rotatable bonds is 10. The highest BCUT2D eigenvalue weighted by atomic mass is 32.2. The van der Waals surface area contributed by atoms with Crippen LogP contribution in [0.25, 0.3) is 0 Å². The number of aryl methyl sites for hydroxylation is 1. The van der Waals surface area contributed by atoms with Gasteiger partial charge < -0.3 is 10.2 Å². The van der Waals surface area contributed by atoms with Crippen molar-refractivity contribution in [3.63, 3.8) is 0 Å². The first-order chi connectivity index (χ1) is 15.4. The summed E-state index contributed by atoms with van der Waals surface area (Å²) < 4.78 is 39.4. The van der Waals surface area contributed by atoms with Gasteiger partial charge in [0.15, 0.2) is 0 Å². The van der Waals surface area contributed by atoms with Gasteiger partial charge in [-0.05, 0) is 62.6 Å². The molecular weight excluding hydrogens is 445 g/mol. The molecule has 2 amide bonds. The molecule has 2 aromatic carbocycles. The van der Waals surface area contributed by atoms with Crippen molar-refractivity contribution in [1.29, 1.82) is 0 Å². The second-order valence-electron chi connectivity index (χ2n) is 8.28. The smallest absolute Gasteiger partial charge is 0.244 e. The van der Waals surface area contributed by atoms with Crippen molar-refractivity contribution in [2.45, 2.75) is 52.7 Å². The van der Waals surface area contributed by atoms with Crippen LogP contribution in [0.2, 0.25) is 0 Å². The summed E-state index contributed by atoms with van der Waals surface area (Å²) in [4.78, 5) is 27.3. The van der Waals surface area contributed by atoms with E-state index in [0.717, 1.165) is 22.5 Å². The van der Waals surface area contributed by atoms with Crippen molar-refractivity contribution in [2.24, 2.45) is 0 Å². The highest BCUT2D eigenvalue weighted by Gasteiger charge is 2.30. The summed E-state index contributed by atoms with van der Waals surface area (Å²) in [5.74, 6) is -1.32. The summed E-state index contributed by atoms with van der Waals surface area (Å²) in [6.45, 7) is 6.75. The molecule has 9 heteroatoms. The third kappa shape index (κ3) is 7.56. The van der Waals surface area contributed by atoms with Crippen LogP contribution >= 0.6 is 0 Å². The molecule has 0 unspecified atom stereocenters. The summed E-state index contributed by atoms with van der Waals surface area (Å²) in [6, 6.07) is 11.5. The monoisotopic (exact) mass is 477 g/mol. The van der Waals surface area contributed by atoms with Crippen LogP contribution in [0.1, 0.15) is 38.8 Å². The molecule has 180 valence electrons. The Kier molecular flexibility index (Phi) is 8.99. The third-order valence-electron chi connectivity index (χ3n) is 5.18. The Morgan fingerprint density at radius 2 is 1.52 bits per heavy atom. The molecule has 1 atom stereocenters. The van der Waals surface area contributed by atoms with E-state index in [4.69, 9.17) is 0 Å². The molecule has 2 aromatic rings. The van der Waals surface area contributed by atoms with E-state index in [2.05, 4.69) is 5.32 Å². The number of hydrogen-bond acceptors (Lipinski definition) is 4. The van der Waals surface area contributed by atoms with Crippen molar-refractivity contribution in [1.82, 2.24) is 10.2 Å². The van der Waals surface area contributed by atoms with E-state index in [-0.39, 0.29) is 18.5 Å². The van der Waals surface area contributed by atoms with Gasteiger partial charge in [-0.1, -0.05) is 31.2 Å². The largest absolute Gasteiger partial charge is 0.352 e. The predicted octanol–water partition coefficient (Wildman–Crippen LogP) is 3.10. The first-order valence-corrected chi connectivity index (χ1v) is 12.7. The maximum atomic E-state index is 13.4. The van der Waals surface area contributed by atoms with Crippen LogP contribution < -0.4 is 9.62 Å². The molecule has 0 aliphatic rings. The first kappa shape index (κ1) is 26.3. The minimum absolute atomic E-state index is 0.0260. The fraction of sp³-hybridized carbons (Fsp3) is 0.417.